The van der Waals surface area contributed by atoms with E-state index in [1.54, 1.807) is 25.1 Å². The Hall–Kier alpha value is -1.55. The van der Waals surface area contributed by atoms with Crippen LogP contribution in [0.15, 0.2) is 24.3 Å². The van der Waals surface area contributed by atoms with Crippen LogP contribution in [-0.2, 0) is 4.79 Å². The van der Waals surface area contributed by atoms with Crippen molar-refractivity contribution in [1.82, 2.24) is 5.06 Å². The molecule has 2 amide bonds. The highest BCUT2D eigenvalue weighted by Gasteiger charge is 2.18. The molecule has 0 saturated heterocycles. The van der Waals surface area contributed by atoms with Crippen molar-refractivity contribution in [3.05, 3.63) is 29.8 Å². The minimum atomic E-state index is -0.967. The average Bonchev–Trinajstić information content (AvgIpc) is 2.15. The molecule has 0 aromatic heterocycles. The van der Waals surface area contributed by atoms with Crippen LogP contribution < -0.4 is 4.84 Å². The van der Waals surface area contributed by atoms with Crippen molar-refractivity contribution >= 4 is 22.9 Å². The summed E-state index contributed by atoms with van der Waals surface area (Å²) in [6.45, 7) is 2.99. The smallest absolute Gasteiger partial charge is 0.356 e. The Morgan fingerprint density at radius 2 is 1.93 bits per heavy atom. The minimum absolute atomic E-state index is 0.418. The Morgan fingerprint density at radius 3 is 2.40 bits per heavy atom. The molecule has 0 N–H and O–H groups in total. The van der Waals surface area contributed by atoms with E-state index in [0.717, 1.165) is 5.56 Å². The van der Waals surface area contributed by atoms with Crippen LogP contribution in [0.4, 0.5) is 4.79 Å². The zero-order valence-electron chi connectivity index (χ0n) is 8.36. The van der Waals surface area contributed by atoms with E-state index >= 15 is 0 Å². The summed E-state index contributed by atoms with van der Waals surface area (Å²) in [5.74, 6) is -0.153. The zero-order valence-corrected chi connectivity index (χ0v) is 9.12. The molecular weight excluding hydrogens is 218 g/mol. The molecule has 0 aliphatic rings. The molecular formula is C10H10ClNO3. The third-order valence-electron chi connectivity index (χ3n) is 1.73. The van der Waals surface area contributed by atoms with Gasteiger partial charge in [0.05, 0.1) is 0 Å². The summed E-state index contributed by atoms with van der Waals surface area (Å²) in [6.07, 6.45) is 0. The van der Waals surface area contributed by atoms with Crippen LogP contribution in [0, 0.1) is 6.92 Å². The molecule has 0 aliphatic carbocycles. The predicted molar refractivity (Wildman–Crippen MR) is 55.6 cm³/mol. The molecule has 0 bridgehead atoms. The van der Waals surface area contributed by atoms with Gasteiger partial charge in [-0.2, -0.15) is 0 Å². The van der Waals surface area contributed by atoms with Crippen molar-refractivity contribution in [2.45, 2.75) is 13.8 Å². The van der Waals surface area contributed by atoms with Gasteiger partial charge >= 0.3 is 5.37 Å². The molecule has 80 valence electrons. The first-order chi connectivity index (χ1) is 7.02. The lowest BCUT2D eigenvalue weighted by Gasteiger charge is -2.16. The molecule has 1 rings (SSSR count). The molecule has 0 heterocycles. The van der Waals surface area contributed by atoms with Gasteiger partial charge in [-0.15, -0.1) is 0 Å². The van der Waals surface area contributed by atoms with Crippen LogP contribution in [0.1, 0.15) is 12.5 Å². The number of rotatable bonds is 2. The normalized spacial score (nSPS) is 9.53. The van der Waals surface area contributed by atoms with E-state index < -0.39 is 11.3 Å². The van der Waals surface area contributed by atoms with E-state index in [9.17, 15) is 9.59 Å². The van der Waals surface area contributed by atoms with E-state index in [2.05, 4.69) is 0 Å². The van der Waals surface area contributed by atoms with Crippen LogP contribution in [-0.4, -0.2) is 16.3 Å². The van der Waals surface area contributed by atoms with Crippen LogP contribution in [0.3, 0.4) is 0 Å². The van der Waals surface area contributed by atoms with Gasteiger partial charge in [-0.05, 0) is 30.2 Å². The average molecular weight is 228 g/mol. The van der Waals surface area contributed by atoms with Crippen molar-refractivity contribution in [2.24, 2.45) is 0 Å². The topological polar surface area (TPSA) is 46.6 Å². The first kappa shape index (κ1) is 11.5. The maximum Gasteiger partial charge on any atom is 0.356 e. The molecule has 0 atom stereocenters. The summed E-state index contributed by atoms with van der Waals surface area (Å²) in [4.78, 5) is 26.9. The lowest BCUT2D eigenvalue weighted by atomic mass is 10.2. The van der Waals surface area contributed by atoms with Gasteiger partial charge in [0.2, 0.25) is 0 Å². The standard InChI is InChI=1S/C10H10ClNO3/c1-7-5-3-4-6-9(7)15-12(8(2)13)10(11)14/h3-6H,1-2H3. The molecule has 0 spiro atoms. The summed E-state index contributed by atoms with van der Waals surface area (Å²) in [7, 11) is 0. The van der Waals surface area contributed by atoms with Gasteiger partial charge < -0.3 is 4.84 Å². The van der Waals surface area contributed by atoms with Gasteiger partial charge in [-0.25, -0.2) is 0 Å². The molecule has 0 saturated carbocycles. The van der Waals surface area contributed by atoms with E-state index in [4.69, 9.17) is 16.4 Å². The highest BCUT2D eigenvalue weighted by molar-refractivity contribution is 6.63. The van der Waals surface area contributed by atoms with E-state index in [1.165, 1.54) is 6.92 Å². The number of imide groups is 1. The number of carbonyl (C=O) groups is 2. The molecule has 4 nitrogen and oxygen atoms in total. The molecule has 1 aromatic carbocycles. The fourth-order valence-electron chi connectivity index (χ4n) is 0.981. The Balaban J connectivity index is 2.88. The SMILES string of the molecule is CC(=O)N(Oc1ccccc1C)C(=O)Cl. The number of hydrogen-bond acceptors (Lipinski definition) is 3. The van der Waals surface area contributed by atoms with Gasteiger partial charge in [0.1, 0.15) is 0 Å². The molecule has 0 unspecified atom stereocenters. The van der Waals surface area contributed by atoms with Gasteiger partial charge in [-0.3, -0.25) is 9.59 Å². The van der Waals surface area contributed by atoms with Gasteiger partial charge in [0, 0.05) is 6.92 Å². The number of amides is 2. The monoisotopic (exact) mass is 227 g/mol. The largest absolute Gasteiger partial charge is 0.368 e. The third kappa shape index (κ3) is 2.95. The van der Waals surface area contributed by atoms with Crippen molar-refractivity contribution in [3.63, 3.8) is 0 Å². The van der Waals surface area contributed by atoms with Crippen molar-refractivity contribution < 1.29 is 14.4 Å². The number of halogens is 1. The maximum atomic E-state index is 11.0. The van der Waals surface area contributed by atoms with Crippen molar-refractivity contribution in [2.75, 3.05) is 0 Å². The first-order valence-electron chi connectivity index (χ1n) is 4.26. The van der Waals surface area contributed by atoms with Gasteiger partial charge in [-0.1, -0.05) is 23.3 Å². The van der Waals surface area contributed by atoms with Crippen molar-refractivity contribution in [1.29, 1.82) is 0 Å². The lowest BCUT2D eigenvalue weighted by molar-refractivity contribution is -0.143. The molecule has 0 fully saturated rings. The molecule has 5 heteroatoms. The fourth-order valence-corrected chi connectivity index (χ4v) is 1.13. The Labute approximate surface area is 92.3 Å². The summed E-state index contributed by atoms with van der Waals surface area (Å²) >= 11 is 5.18. The number of para-hydroxylation sites is 1. The number of benzene rings is 1. The summed E-state index contributed by atoms with van der Waals surface area (Å²) in [6, 6.07) is 7.00. The molecule has 15 heavy (non-hydrogen) atoms. The van der Waals surface area contributed by atoms with Crippen LogP contribution in [0.2, 0.25) is 0 Å². The second-order valence-electron chi connectivity index (χ2n) is 2.92. The Morgan fingerprint density at radius 1 is 1.33 bits per heavy atom. The number of carbonyl (C=O) groups excluding carboxylic acids is 2. The summed E-state index contributed by atoms with van der Waals surface area (Å²) in [5, 5.41) is -0.463. The van der Waals surface area contributed by atoms with E-state index in [0.29, 0.717) is 10.8 Å². The van der Waals surface area contributed by atoms with Crippen LogP contribution in [0.5, 0.6) is 5.75 Å². The van der Waals surface area contributed by atoms with Crippen LogP contribution in [0.25, 0.3) is 0 Å². The third-order valence-corrected chi connectivity index (χ3v) is 1.88. The summed E-state index contributed by atoms with van der Waals surface area (Å²) in [5.41, 5.74) is 0.807. The predicted octanol–water partition coefficient (Wildman–Crippen LogP) is 2.50. The molecule has 0 radical (unpaired) electrons. The lowest BCUT2D eigenvalue weighted by Crippen LogP contribution is -2.34. The Kier molecular flexibility index (Phi) is 3.68. The van der Waals surface area contributed by atoms with E-state index in [1.807, 2.05) is 6.07 Å². The zero-order chi connectivity index (χ0) is 11.4. The summed E-state index contributed by atoms with van der Waals surface area (Å²) < 4.78 is 0. The van der Waals surface area contributed by atoms with E-state index in [-0.39, 0.29) is 0 Å². The number of nitrogens with zero attached hydrogens (tertiary/aromatic N) is 1. The highest BCUT2D eigenvalue weighted by Crippen LogP contribution is 2.18. The second kappa shape index (κ2) is 4.79. The minimum Gasteiger partial charge on any atom is -0.368 e. The van der Waals surface area contributed by atoms with Gasteiger partial charge in [0.25, 0.3) is 5.91 Å². The van der Waals surface area contributed by atoms with Gasteiger partial charge in [0.15, 0.2) is 5.75 Å². The number of hydroxylamine groups is 2. The van der Waals surface area contributed by atoms with Crippen molar-refractivity contribution in [3.8, 4) is 5.75 Å². The maximum absolute atomic E-state index is 11.0. The highest BCUT2D eigenvalue weighted by atomic mass is 35.5. The second-order valence-corrected chi connectivity index (χ2v) is 3.25. The number of hydrogen-bond donors (Lipinski definition) is 0. The fraction of sp³-hybridized carbons (Fsp3) is 0.200. The quantitative estimate of drug-likeness (QED) is 0.443. The first-order valence-corrected chi connectivity index (χ1v) is 4.64. The molecule has 1 aromatic rings. The number of aryl methyl sites for hydroxylation is 1. The Bertz CT molecular complexity index is 378. The van der Waals surface area contributed by atoms with Crippen LogP contribution >= 0.6 is 11.6 Å². The molecule has 0 aliphatic heterocycles.